The number of ether oxygens (including phenoxy) is 1. The topological polar surface area (TPSA) is 75.7 Å². The molecule has 0 aliphatic carbocycles. The van der Waals surface area contributed by atoms with Crippen LogP contribution >= 0.6 is 0 Å². The number of rotatable bonds is 6. The van der Waals surface area contributed by atoms with Crippen LogP contribution in [0.25, 0.3) is 0 Å². The van der Waals surface area contributed by atoms with Gasteiger partial charge in [0, 0.05) is 25.2 Å². The molecule has 2 aromatic carbocycles. The van der Waals surface area contributed by atoms with Crippen LogP contribution in [0.15, 0.2) is 53.4 Å². The quantitative estimate of drug-likeness (QED) is 0.819. The van der Waals surface area contributed by atoms with E-state index in [0.717, 1.165) is 5.56 Å². The highest BCUT2D eigenvalue weighted by Gasteiger charge is 2.26. The number of anilines is 1. The van der Waals surface area contributed by atoms with Gasteiger partial charge in [-0.2, -0.15) is 4.31 Å². The monoisotopic (exact) mass is 392 g/mol. The van der Waals surface area contributed by atoms with Crippen LogP contribution < -0.4 is 5.32 Å². The minimum absolute atomic E-state index is 0.140. The van der Waals surface area contributed by atoms with E-state index in [0.29, 0.717) is 38.4 Å². The lowest BCUT2D eigenvalue weighted by molar-refractivity contribution is -0.116. The summed E-state index contributed by atoms with van der Waals surface area (Å²) in [5.74, 6) is -0.554. The van der Waals surface area contributed by atoms with Crippen LogP contribution in [0, 0.1) is 5.82 Å². The molecule has 8 heteroatoms. The van der Waals surface area contributed by atoms with Crippen molar-refractivity contribution in [3.8, 4) is 0 Å². The molecule has 0 radical (unpaired) electrons. The van der Waals surface area contributed by atoms with E-state index in [2.05, 4.69) is 5.32 Å². The highest BCUT2D eigenvalue weighted by Crippen LogP contribution is 2.21. The number of morpholine rings is 1. The molecule has 27 heavy (non-hydrogen) atoms. The van der Waals surface area contributed by atoms with Crippen LogP contribution in [0.3, 0.4) is 0 Å². The van der Waals surface area contributed by atoms with Gasteiger partial charge in [0.15, 0.2) is 0 Å². The number of carbonyl (C=O) groups excluding carboxylic acids is 1. The largest absolute Gasteiger partial charge is 0.379 e. The molecule has 6 nitrogen and oxygen atoms in total. The summed E-state index contributed by atoms with van der Waals surface area (Å²) in [6.07, 6.45) is 0.684. The Morgan fingerprint density at radius 2 is 1.81 bits per heavy atom. The molecule has 3 rings (SSSR count). The molecule has 0 bridgehead atoms. The molecule has 0 atom stereocenters. The summed E-state index contributed by atoms with van der Waals surface area (Å²) in [4.78, 5) is 12.3. The van der Waals surface area contributed by atoms with E-state index in [4.69, 9.17) is 4.74 Å². The van der Waals surface area contributed by atoms with E-state index in [-0.39, 0.29) is 23.0 Å². The number of sulfonamides is 1. The van der Waals surface area contributed by atoms with Gasteiger partial charge in [-0.05, 0) is 42.3 Å². The van der Waals surface area contributed by atoms with Gasteiger partial charge in [-0.15, -0.1) is 0 Å². The summed E-state index contributed by atoms with van der Waals surface area (Å²) in [6, 6.07) is 12.2. The molecule has 1 aliphatic rings. The Morgan fingerprint density at radius 1 is 1.11 bits per heavy atom. The highest BCUT2D eigenvalue weighted by molar-refractivity contribution is 7.89. The van der Waals surface area contributed by atoms with E-state index < -0.39 is 10.0 Å². The van der Waals surface area contributed by atoms with E-state index >= 15 is 0 Å². The molecule has 1 aliphatic heterocycles. The second-order valence-electron chi connectivity index (χ2n) is 6.22. The first-order chi connectivity index (χ1) is 12.9. The number of nitrogens with zero attached hydrogens (tertiary/aromatic N) is 1. The fourth-order valence-corrected chi connectivity index (χ4v) is 4.26. The third-order valence-corrected chi connectivity index (χ3v) is 6.17. The Kier molecular flexibility index (Phi) is 6.20. The maximum absolute atomic E-state index is 12.9. The molecule has 1 saturated heterocycles. The summed E-state index contributed by atoms with van der Waals surface area (Å²) in [6.45, 7) is 1.38. The molecule has 1 N–H and O–H groups in total. The van der Waals surface area contributed by atoms with E-state index in [9.17, 15) is 17.6 Å². The molecule has 0 spiro atoms. The molecule has 0 saturated carbocycles. The predicted octanol–water partition coefficient (Wildman–Crippen LogP) is 2.42. The molecule has 1 fully saturated rings. The van der Waals surface area contributed by atoms with E-state index in [1.54, 1.807) is 24.3 Å². The highest BCUT2D eigenvalue weighted by atomic mass is 32.2. The van der Waals surface area contributed by atoms with Crippen LogP contribution in [0.1, 0.15) is 12.0 Å². The lowest BCUT2D eigenvalue weighted by Crippen LogP contribution is -2.40. The van der Waals surface area contributed by atoms with Crippen molar-refractivity contribution in [1.82, 2.24) is 4.31 Å². The van der Waals surface area contributed by atoms with Crippen molar-refractivity contribution in [1.29, 1.82) is 0 Å². The van der Waals surface area contributed by atoms with Gasteiger partial charge in [0.1, 0.15) is 5.82 Å². The number of hydrogen-bond donors (Lipinski definition) is 1. The number of benzene rings is 2. The summed E-state index contributed by atoms with van der Waals surface area (Å²) >= 11 is 0. The normalized spacial score (nSPS) is 15.4. The second kappa shape index (κ2) is 8.60. The average molecular weight is 392 g/mol. The van der Waals surface area contributed by atoms with Crippen molar-refractivity contribution >= 4 is 21.6 Å². The standard InChI is InChI=1S/C19H21FN2O4S/c20-16-7-4-15(5-8-16)6-9-19(23)21-17-2-1-3-18(14-17)27(24,25)22-10-12-26-13-11-22/h1-5,7-8,14H,6,9-13H2,(H,21,23). The van der Waals surface area contributed by atoms with E-state index in [1.807, 2.05) is 0 Å². The lowest BCUT2D eigenvalue weighted by atomic mass is 10.1. The zero-order chi connectivity index (χ0) is 19.3. The Hall–Kier alpha value is -2.29. The van der Waals surface area contributed by atoms with Gasteiger partial charge in [0.25, 0.3) is 0 Å². The molecule has 1 heterocycles. The van der Waals surface area contributed by atoms with Gasteiger partial charge < -0.3 is 10.1 Å². The van der Waals surface area contributed by atoms with Crippen LogP contribution in [-0.4, -0.2) is 44.9 Å². The van der Waals surface area contributed by atoms with Crippen molar-refractivity contribution in [3.05, 3.63) is 59.9 Å². The number of carbonyl (C=O) groups is 1. The van der Waals surface area contributed by atoms with Gasteiger partial charge in [0.05, 0.1) is 18.1 Å². The summed E-state index contributed by atoms with van der Waals surface area (Å²) in [7, 11) is -3.61. The summed E-state index contributed by atoms with van der Waals surface area (Å²) in [5, 5.41) is 2.72. The number of aryl methyl sites for hydroxylation is 1. The molecule has 1 amide bonds. The third-order valence-electron chi connectivity index (χ3n) is 4.28. The number of halogens is 1. The Balaban J connectivity index is 1.63. The zero-order valence-corrected chi connectivity index (χ0v) is 15.5. The van der Waals surface area contributed by atoms with Crippen LogP contribution in [0.5, 0.6) is 0 Å². The van der Waals surface area contributed by atoms with Gasteiger partial charge >= 0.3 is 0 Å². The van der Waals surface area contributed by atoms with Crippen LogP contribution in [-0.2, 0) is 26.0 Å². The number of nitrogens with one attached hydrogen (secondary N) is 1. The van der Waals surface area contributed by atoms with Gasteiger partial charge in [0.2, 0.25) is 15.9 Å². The first-order valence-corrected chi connectivity index (χ1v) is 10.1. The minimum Gasteiger partial charge on any atom is -0.379 e. The van der Waals surface area contributed by atoms with Crippen LogP contribution in [0.4, 0.5) is 10.1 Å². The molecule has 0 aromatic heterocycles. The zero-order valence-electron chi connectivity index (χ0n) is 14.7. The minimum atomic E-state index is -3.61. The molecular weight excluding hydrogens is 371 g/mol. The van der Waals surface area contributed by atoms with Crippen molar-refractivity contribution in [2.24, 2.45) is 0 Å². The van der Waals surface area contributed by atoms with Crippen molar-refractivity contribution in [2.45, 2.75) is 17.7 Å². The summed E-state index contributed by atoms with van der Waals surface area (Å²) in [5.41, 5.74) is 1.28. The first-order valence-electron chi connectivity index (χ1n) is 8.67. The molecular formula is C19H21FN2O4S. The predicted molar refractivity (Wildman–Crippen MR) is 99.4 cm³/mol. The third kappa shape index (κ3) is 5.12. The Bertz CT molecular complexity index is 894. The van der Waals surface area contributed by atoms with Crippen molar-refractivity contribution in [3.63, 3.8) is 0 Å². The first kappa shape index (κ1) is 19.5. The fourth-order valence-electron chi connectivity index (χ4n) is 2.80. The maximum Gasteiger partial charge on any atom is 0.243 e. The van der Waals surface area contributed by atoms with Crippen molar-refractivity contribution < 1.29 is 22.3 Å². The van der Waals surface area contributed by atoms with Crippen molar-refractivity contribution in [2.75, 3.05) is 31.6 Å². The van der Waals surface area contributed by atoms with Crippen LogP contribution in [0.2, 0.25) is 0 Å². The molecule has 144 valence electrons. The van der Waals surface area contributed by atoms with Gasteiger partial charge in [-0.25, -0.2) is 12.8 Å². The summed E-state index contributed by atoms with van der Waals surface area (Å²) < 4.78 is 44.9. The SMILES string of the molecule is O=C(CCc1ccc(F)cc1)Nc1cccc(S(=O)(=O)N2CCOCC2)c1. The maximum atomic E-state index is 12.9. The average Bonchev–Trinajstić information content (AvgIpc) is 2.68. The smallest absolute Gasteiger partial charge is 0.243 e. The Morgan fingerprint density at radius 3 is 2.52 bits per heavy atom. The lowest BCUT2D eigenvalue weighted by Gasteiger charge is -2.26. The van der Waals surface area contributed by atoms with Gasteiger partial charge in [-0.3, -0.25) is 4.79 Å². The Labute approximate surface area is 158 Å². The van der Waals surface area contributed by atoms with E-state index in [1.165, 1.54) is 28.6 Å². The van der Waals surface area contributed by atoms with Gasteiger partial charge in [-0.1, -0.05) is 18.2 Å². The second-order valence-corrected chi connectivity index (χ2v) is 8.16. The molecule has 2 aromatic rings. The number of hydrogen-bond acceptors (Lipinski definition) is 4. The fraction of sp³-hybridized carbons (Fsp3) is 0.316. The number of amides is 1. The molecule has 0 unspecified atom stereocenters.